The number of aromatic nitrogens is 2. The van der Waals surface area contributed by atoms with E-state index in [1.165, 1.54) is 10.6 Å². The highest BCUT2D eigenvalue weighted by atomic mass is 32.1. The van der Waals surface area contributed by atoms with Gasteiger partial charge in [0.1, 0.15) is 0 Å². The zero-order chi connectivity index (χ0) is 11.4. The minimum absolute atomic E-state index is 0.892. The highest BCUT2D eigenvalue weighted by Gasteiger charge is 2.00. The molecule has 0 aliphatic carbocycles. The van der Waals surface area contributed by atoms with Gasteiger partial charge in [-0.05, 0) is 30.9 Å². The van der Waals surface area contributed by atoms with Crippen LogP contribution in [0.4, 0.5) is 0 Å². The number of hydrogen-bond acceptors (Lipinski definition) is 3. The summed E-state index contributed by atoms with van der Waals surface area (Å²) in [6, 6.07) is 6.41. The minimum atomic E-state index is 0.892. The summed E-state index contributed by atoms with van der Waals surface area (Å²) in [5.74, 6) is 0. The highest BCUT2D eigenvalue weighted by molar-refractivity contribution is 7.09. The van der Waals surface area contributed by atoms with Crippen LogP contribution in [0, 0.1) is 6.92 Å². The Morgan fingerprint density at radius 1 is 1.50 bits per heavy atom. The molecule has 0 aliphatic heterocycles. The van der Waals surface area contributed by atoms with Crippen LogP contribution in [0.1, 0.15) is 16.3 Å². The molecule has 0 aromatic carbocycles. The van der Waals surface area contributed by atoms with Crippen LogP contribution < -0.4 is 5.32 Å². The SMILES string of the molecule is Cc1cc(CNCCc2cccs2)n(C)n1. The summed E-state index contributed by atoms with van der Waals surface area (Å²) in [6.45, 7) is 3.93. The molecule has 0 amide bonds. The van der Waals surface area contributed by atoms with Crippen LogP contribution in [0.5, 0.6) is 0 Å². The molecule has 0 unspecified atom stereocenters. The summed E-state index contributed by atoms with van der Waals surface area (Å²) in [4.78, 5) is 1.44. The van der Waals surface area contributed by atoms with Gasteiger partial charge in [0.2, 0.25) is 0 Å². The molecular weight excluding hydrogens is 218 g/mol. The lowest BCUT2D eigenvalue weighted by Crippen LogP contribution is -2.18. The Morgan fingerprint density at radius 3 is 3.00 bits per heavy atom. The van der Waals surface area contributed by atoms with Gasteiger partial charge in [-0.1, -0.05) is 6.07 Å². The topological polar surface area (TPSA) is 29.9 Å². The van der Waals surface area contributed by atoms with Crippen molar-refractivity contribution in [3.8, 4) is 0 Å². The van der Waals surface area contributed by atoms with Crippen molar-refractivity contribution in [1.29, 1.82) is 0 Å². The summed E-state index contributed by atoms with van der Waals surface area (Å²) in [7, 11) is 1.99. The van der Waals surface area contributed by atoms with Crippen molar-refractivity contribution >= 4 is 11.3 Å². The zero-order valence-electron chi connectivity index (χ0n) is 9.73. The largest absolute Gasteiger partial charge is 0.311 e. The van der Waals surface area contributed by atoms with Crippen LogP contribution >= 0.6 is 11.3 Å². The molecule has 0 atom stereocenters. The monoisotopic (exact) mass is 235 g/mol. The number of nitrogens with zero attached hydrogens (tertiary/aromatic N) is 2. The van der Waals surface area contributed by atoms with Crippen molar-refractivity contribution in [2.75, 3.05) is 6.54 Å². The first-order valence-corrected chi connectivity index (χ1v) is 6.36. The number of hydrogen-bond donors (Lipinski definition) is 1. The maximum absolute atomic E-state index is 4.32. The normalized spacial score (nSPS) is 10.9. The van der Waals surface area contributed by atoms with Crippen molar-refractivity contribution in [2.45, 2.75) is 19.9 Å². The Hall–Kier alpha value is -1.13. The van der Waals surface area contributed by atoms with Crippen LogP contribution in [0.15, 0.2) is 23.6 Å². The first kappa shape index (κ1) is 11.4. The van der Waals surface area contributed by atoms with Crippen molar-refractivity contribution in [2.24, 2.45) is 7.05 Å². The van der Waals surface area contributed by atoms with E-state index in [4.69, 9.17) is 0 Å². The smallest absolute Gasteiger partial charge is 0.0597 e. The van der Waals surface area contributed by atoms with Crippen molar-refractivity contribution in [1.82, 2.24) is 15.1 Å². The third-order valence-electron chi connectivity index (χ3n) is 2.53. The molecule has 0 fully saturated rings. The molecule has 2 aromatic heterocycles. The molecule has 0 saturated carbocycles. The first-order valence-electron chi connectivity index (χ1n) is 5.48. The fourth-order valence-corrected chi connectivity index (χ4v) is 2.42. The van der Waals surface area contributed by atoms with E-state index >= 15 is 0 Å². The second-order valence-electron chi connectivity index (χ2n) is 3.91. The van der Waals surface area contributed by atoms with Gasteiger partial charge in [0.15, 0.2) is 0 Å². The minimum Gasteiger partial charge on any atom is -0.311 e. The summed E-state index contributed by atoms with van der Waals surface area (Å²) in [6.07, 6.45) is 1.11. The molecule has 0 bridgehead atoms. The van der Waals surface area contributed by atoms with E-state index in [9.17, 15) is 0 Å². The summed E-state index contributed by atoms with van der Waals surface area (Å²) < 4.78 is 1.94. The summed E-state index contributed by atoms with van der Waals surface area (Å²) in [5.41, 5.74) is 2.32. The van der Waals surface area contributed by atoms with E-state index in [-0.39, 0.29) is 0 Å². The van der Waals surface area contributed by atoms with Gasteiger partial charge in [0.05, 0.1) is 11.4 Å². The predicted molar refractivity (Wildman–Crippen MR) is 67.7 cm³/mol. The summed E-state index contributed by atoms with van der Waals surface area (Å²) >= 11 is 1.82. The molecule has 0 aliphatic rings. The second-order valence-corrected chi connectivity index (χ2v) is 4.94. The summed E-state index contributed by atoms with van der Waals surface area (Å²) in [5, 5.41) is 9.88. The van der Waals surface area contributed by atoms with Crippen LogP contribution in [0.25, 0.3) is 0 Å². The molecule has 0 saturated heterocycles. The Balaban J connectivity index is 1.74. The van der Waals surface area contributed by atoms with Crippen molar-refractivity contribution in [3.05, 3.63) is 39.8 Å². The van der Waals surface area contributed by atoms with Gasteiger partial charge in [-0.3, -0.25) is 4.68 Å². The number of rotatable bonds is 5. The lowest BCUT2D eigenvalue weighted by Gasteiger charge is -2.03. The third kappa shape index (κ3) is 2.93. The van der Waals surface area contributed by atoms with Crippen molar-refractivity contribution < 1.29 is 0 Å². The molecule has 4 heteroatoms. The fourth-order valence-electron chi connectivity index (χ4n) is 1.71. The Morgan fingerprint density at radius 2 is 2.38 bits per heavy atom. The van der Waals surface area contributed by atoms with Gasteiger partial charge in [-0.2, -0.15) is 5.10 Å². The van der Waals surface area contributed by atoms with Gasteiger partial charge >= 0.3 is 0 Å². The first-order chi connectivity index (χ1) is 7.75. The Kier molecular flexibility index (Phi) is 3.74. The molecule has 2 heterocycles. The molecule has 86 valence electrons. The van der Waals surface area contributed by atoms with E-state index in [0.717, 1.165) is 25.2 Å². The van der Waals surface area contributed by atoms with Crippen molar-refractivity contribution in [3.63, 3.8) is 0 Å². The zero-order valence-corrected chi connectivity index (χ0v) is 10.5. The van der Waals surface area contributed by atoms with Crippen LogP contribution in [0.3, 0.4) is 0 Å². The van der Waals surface area contributed by atoms with Crippen LogP contribution in [0.2, 0.25) is 0 Å². The van der Waals surface area contributed by atoms with Gasteiger partial charge in [0, 0.05) is 25.0 Å². The van der Waals surface area contributed by atoms with E-state index in [1.807, 2.05) is 30.0 Å². The maximum atomic E-state index is 4.32. The van der Waals surface area contributed by atoms with Gasteiger partial charge in [-0.25, -0.2) is 0 Å². The fraction of sp³-hybridized carbons (Fsp3) is 0.417. The van der Waals surface area contributed by atoms with Gasteiger partial charge in [0.25, 0.3) is 0 Å². The number of thiophene rings is 1. The number of nitrogens with one attached hydrogen (secondary N) is 1. The quantitative estimate of drug-likeness (QED) is 0.805. The van der Waals surface area contributed by atoms with Gasteiger partial charge in [-0.15, -0.1) is 11.3 Å². The molecule has 3 nitrogen and oxygen atoms in total. The van der Waals surface area contributed by atoms with Crippen LogP contribution in [-0.2, 0) is 20.0 Å². The van der Waals surface area contributed by atoms with Crippen LogP contribution in [-0.4, -0.2) is 16.3 Å². The third-order valence-corrected chi connectivity index (χ3v) is 3.47. The van der Waals surface area contributed by atoms with E-state index in [0.29, 0.717) is 0 Å². The molecule has 1 N–H and O–H groups in total. The molecule has 0 radical (unpaired) electrons. The molecule has 2 rings (SSSR count). The average Bonchev–Trinajstić information content (AvgIpc) is 2.84. The molecular formula is C12H17N3S. The molecule has 0 spiro atoms. The van der Waals surface area contributed by atoms with E-state index in [1.54, 1.807) is 0 Å². The van der Waals surface area contributed by atoms with Gasteiger partial charge < -0.3 is 5.32 Å². The van der Waals surface area contributed by atoms with E-state index in [2.05, 4.69) is 34.0 Å². The molecule has 2 aromatic rings. The lowest BCUT2D eigenvalue weighted by molar-refractivity contribution is 0.626. The second kappa shape index (κ2) is 5.27. The van der Waals surface area contributed by atoms with E-state index < -0.39 is 0 Å². The lowest BCUT2D eigenvalue weighted by atomic mass is 10.3. The Labute approximate surface area is 100 Å². The average molecular weight is 235 g/mol. The standard InChI is InChI=1S/C12H17N3S/c1-10-8-11(15(2)14-10)9-13-6-5-12-4-3-7-16-12/h3-4,7-8,13H,5-6,9H2,1-2H3. The number of aryl methyl sites for hydroxylation is 2. The predicted octanol–water partition coefficient (Wildman–Crippen LogP) is 2.12. The molecule has 16 heavy (non-hydrogen) atoms. The maximum Gasteiger partial charge on any atom is 0.0597 e. The Bertz CT molecular complexity index is 431. The highest BCUT2D eigenvalue weighted by Crippen LogP contribution is 2.08.